The van der Waals surface area contributed by atoms with Crippen LogP contribution in [0.4, 0.5) is 0 Å². The SMILES string of the molecule is CN(C)C1CCC2(CC1)CN(C(=O)c1ccn[nH]1)Cc1ccccc1O2. The molecule has 1 spiro atoms. The molecule has 6 heteroatoms. The number of aromatic nitrogens is 2. The lowest BCUT2D eigenvalue weighted by atomic mass is 9.81. The number of nitrogens with one attached hydrogen (secondary N) is 1. The summed E-state index contributed by atoms with van der Waals surface area (Å²) in [6.45, 7) is 1.17. The molecule has 6 nitrogen and oxygen atoms in total. The maximum atomic E-state index is 13.0. The number of nitrogens with zero attached hydrogens (tertiary/aromatic N) is 3. The maximum Gasteiger partial charge on any atom is 0.272 e. The predicted octanol–water partition coefficient (Wildman–Crippen LogP) is 2.69. The molecule has 2 aliphatic rings. The molecule has 0 radical (unpaired) electrons. The smallest absolute Gasteiger partial charge is 0.272 e. The molecule has 0 atom stereocenters. The molecular weight excluding hydrogens is 328 g/mol. The van der Waals surface area contributed by atoms with E-state index in [0.29, 0.717) is 24.8 Å². The number of amides is 1. The summed E-state index contributed by atoms with van der Waals surface area (Å²) in [6.07, 6.45) is 5.70. The van der Waals surface area contributed by atoms with Crippen LogP contribution in [-0.2, 0) is 6.54 Å². The Hall–Kier alpha value is -2.34. The number of carbonyl (C=O) groups excluding carboxylic acids is 1. The highest BCUT2D eigenvalue weighted by Crippen LogP contribution is 2.39. The van der Waals surface area contributed by atoms with Gasteiger partial charge in [0.25, 0.3) is 5.91 Å². The molecule has 1 aliphatic heterocycles. The minimum atomic E-state index is -0.311. The molecule has 0 unspecified atom stereocenters. The number of para-hydroxylation sites is 1. The van der Waals surface area contributed by atoms with Gasteiger partial charge < -0.3 is 14.5 Å². The topological polar surface area (TPSA) is 61.5 Å². The van der Waals surface area contributed by atoms with Crippen molar-refractivity contribution in [3.8, 4) is 5.75 Å². The fourth-order valence-corrected chi connectivity index (χ4v) is 4.20. The van der Waals surface area contributed by atoms with Gasteiger partial charge in [0.2, 0.25) is 0 Å². The van der Waals surface area contributed by atoms with Crippen LogP contribution in [0.3, 0.4) is 0 Å². The van der Waals surface area contributed by atoms with E-state index in [-0.39, 0.29) is 11.5 Å². The Bertz CT molecular complexity index is 764. The first-order valence-corrected chi connectivity index (χ1v) is 9.28. The second-order valence-corrected chi connectivity index (χ2v) is 7.72. The Morgan fingerprint density at radius 2 is 2.04 bits per heavy atom. The van der Waals surface area contributed by atoms with E-state index in [2.05, 4.69) is 29.2 Å². The van der Waals surface area contributed by atoms with Gasteiger partial charge in [-0.2, -0.15) is 5.10 Å². The average Bonchev–Trinajstić information content (AvgIpc) is 3.12. The third kappa shape index (κ3) is 3.21. The van der Waals surface area contributed by atoms with Crippen LogP contribution < -0.4 is 4.74 Å². The molecule has 0 bridgehead atoms. The van der Waals surface area contributed by atoms with E-state index >= 15 is 0 Å². The molecule has 138 valence electrons. The van der Waals surface area contributed by atoms with Gasteiger partial charge in [-0.25, -0.2) is 0 Å². The zero-order chi connectivity index (χ0) is 18.1. The van der Waals surface area contributed by atoms with Crippen LogP contribution in [0.15, 0.2) is 36.5 Å². The minimum absolute atomic E-state index is 0.0167. The number of ether oxygens (including phenoxy) is 1. The average molecular weight is 354 g/mol. The van der Waals surface area contributed by atoms with Gasteiger partial charge in [0, 0.05) is 24.3 Å². The zero-order valence-corrected chi connectivity index (χ0v) is 15.4. The van der Waals surface area contributed by atoms with Crippen molar-refractivity contribution in [3.63, 3.8) is 0 Å². The summed E-state index contributed by atoms with van der Waals surface area (Å²) in [5.41, 5.74) is 1.28. The number of carbonyl (C=O) groups is 1. The lowest BCUT2D eigenvalue weighted by Gasteiger charge is -2.42. The predicted molar refractivity (Wildman–Crippen MR) is 99.1 cm³/mol. The van der Waals surface area contributed by atoms with Crippen LogP contribution >= 0.6 is 0 Å². The minimum Gasteiger partial charge on any atom is -0.485 e. The number of fused-ring (bicyclic) bond motifs is 1. The number of benzene rings is 1. The summed E-state index contributed by atoms with van der Waals surface area (Å²) in [4.78, 5) is 17.2. The van der Waals surface area contributed by atoms with Gasteiger partial charge in [0.15, 0.2) is 0 Å². The second-order valence-electron chi connectivity index (χ2n) is 7.72. The number of rotatable bonds is 2. The van der Waals surface area contributed by atoms with E-state index < -0.39 is 0 Å². The van der Waals surface area contributed by atoms with E-state index in [4.69, 9.17) is 4.74 Å². The molecule has 1 fully saturated rings. The van der Waals surface area contributed by atoms with Crippen LogP contribution in [0.1, 0.15) is 41.7 Å². The summed E-state index contributed by atoms with van der Waals surface area (Å²) in [5, 5.41) is 6.73. The summed E-state index contributed by atoms with van der Waals surface area (Å²) < 4.78 is 6.57. The van der Waals surface area contributed by atoms with Crippen LogP contribution in [0.25, 0.3) is 0 Å². The van der Waals surface area contributed by atoms with E-state index in [9.17, 15) is 4.79 Å². The molecule has 1 aliphatic carbocycles. The van der Waals surface area contributed by atoms with Gasteiger partial charge in [-0.15, -0.1) is 0 Å². The lowest BCUT2D eigenvalue weighted by molar-refractivity contribution is -0.00940. The van der Waals surface area contributed by atoms with Gasteiger partial charge in [-0.1, -0.05) is 18.2 Å². The first-order chi connectivity index (χ1) is 12.6. The normalized spacial score (nSPS) is 25.7. The van der Waals surface area contributed by atoms with Gasteiger partial charge in [-0.05, 0) is 51.9 Å². The first-order valence-electron chi connectivity index (χ1n) is 9.28. The van der Waals surface area contributed by atoms with Crippen LogP contribution in [0.2, 0.25) is 0 Å². The highest BCUT2D eigenvalue weighted by atomic mass is 16.5. The van der Waals surface area contributed by atoms with E-state index in [0.717, 1.165) is 37.0 Å². The van der Waals surface area contributed by atoms with Crippen molar-refractivity contribution in [1.29, 1.82) is 0 Å². The Kier molecular flexibility index (Phi) is 4.44. The Morgan fingerprint density at radius 3 is 2.73 bits per heavy atom. The summed E-state index contributed by atoms with van der Waals surface area (Å²) in [5.74, 6) is 0.896. The molecule has 1 aromatic carbocycles. The van der Waals surface area contributed by atoms with Crippen LogP contribution in [-0.4, -0.2) is 58.2 Å². The standard InChI is InChI=1S/C20H26N4O2/c1-23(2)16-7-10-20(11-8-16)14-24(19(25)17-9-12-21-22-17)13-15-5-3-4-6-18(15)26-20/h3-6,9,12,16H,7-8,10-11,13-14H2,1-2H3,(H,21,22). The third-order valence-corrected chi connectivity index (χ3v) is 5.75. The van der Waals surface area contributed by atoms with E-state index in [1.54, 1.807) is 12.3 Å². The van der Waals surface area contributed by atoms with Crippen LogP contribution in [0.5, 0.6) is 5.75 Å². The second kappa shape index (κ2) is 6.76. The molecule has 4 rings (SSSR count). The Balaban J connectivity index is 1.64. The Labute approximate surface area is 154 Å². The van der Waals surface area contributed by atoms with Crippen molar-refractivity contribution in [2.24, 2.45) is 0 Å². The molecular formula is C20H26N4O2. The first kappa shape index (κ1) is 17.1. The van der Waals surface area contributed by atoms with Gasteiger partial charge in [0.05, 0.1) is 6.54 Å². The van der Waals surface area contributed by atoms with Gasteiger partial charge >= 0.3 is 0 Å². The molecule has 26 heavy (non-hydrogen) atoms. The molecule has 2 aromatic rings. The molecule has 1 aromatic heterocycles. The van der Waals surface area contributed by atoms with Crippen molar-refractivity contribution in [2.75, 3.05) is 20.6 Å². The molecule has 2 heterocycles. The molecule has 0 saturated heterocycles. The highest BCUT2D eigenvalue weighted by molar-refractivity contribution is 5.92. The summed E-state index contributed by atoms with van der Waals surface area (Å²) in [7, 11) is 4.28. The van der Waals surface area contributed by atoms with Crippen molar-refractivity contribution in [3.05, 3.63) is 47.8 Å². The van der Waals surface area contributed by atoms with E-state index in [1.165, 1.54) is 0 Å². The fourth-order valence-electron chi connectivity index (χ4n) is 4.20. The third-order valence-electron chi connectivity index (χ3n) is 5.75. The number of hydrogen-bond acceptors (Lipinski definition) is 4. The highest BCUT2D eigenvalue weighted by Gasteiger charge is 2.42. The number of aromatic amines is 1. The lowest BCUT2D eigenvalue weighted by Crippen LogP contribution is -2.51. The van der Waals surface area contributed by atoms with Crippen molar-refractivity contribution < 1.29 is 9.53 Å². The summed E-state index contributed by atoms with van der Waals surface area (Å²) in [6, 6.07) is 10.4. The van der Waals surface area contributed by atoms with Gasteiger partial charge in [-0.3, -0.25) is 9.89 Å². The number of hydrogen-bond donors (Lipinski definition) is 1. The van der Waals surface area contributed by atoms with Crippen molar-refractivity contribution >= 4 is 5.91 Å². The molecule has 1 amide bonds. The monoisotopic (exact) mass is 354 g/mol. The van der Waals surface area contributed by atoms with Crippen LogP contribution in [0, 0.1) is 0 Å². The van der Waals surface area contributed by atoms with Crippen molar-refractivity contribution in [2.45, 2.75) is 43.9 Å². The Morgan fingerprint density at radius 1 is 1.27 bits per heavy atom. The molecule has 1 N–H and O–H groups in total. The fraction of sp³-hybridized carbons (Fsp3) is 0.500. The molecule has 1 saturated carbocycles. The zero-order valence-electron chi connectivity index (χ0n) is 15.4. The van der Waals surface area contributed by atoms with E-state index in [1.807, 2.05) is 29.2 Å². The number of H-pyrrole nitrogens is 1. The van der Waals surface area contributed by atoms with Crippen molar-refractivity contribution in [1.82, 2.24) is 20.0 Å². The summed E-state index contributed by atoms with van der Waals surface area (Å²) >= 11 is 0. The maximum absolute atomic E-state index is 13.0. The van der Waals surface area contributed by atoms with Gasteiger partial charge in [0.1, 0.15) is 17.0 Å². The largest absolute Gasteiger partial charge is 0.485 e. The quantitative estimate of drug-likeness (QED) is 0.901.